The van der Waals surface area contributed by atoms with Gasteiger partial charge in [-0.3, -0.25) is 9.10 Å². The van der Waals surface area contributed by atoms with Gasteiger partial charge in [-0.1, -0.05) is 36.8 Å². The van der Waals surface area contributed by atoms with Gasteiger partial charge in [-0.15, -0.1) is 0 Å². The lowest BCUT2D eigenvalue weighted by Gasteiger charge is -2.26. The van der Waals surface area contributed by atoms with E-state index in [2.05, 4.69) is 5.32 Å². The van der Waals surface area contributed by atoms with Crippen molar-refractivity contribution in [3.8, 4) is 5.75 Å². The van der Waals surface area contributed by atoms with Crippen molar-refractivity contribution in [1.29, 1.82) is 0 Å². The fourth-order valence-electron chi connectivity index (χ4n) is 3.39. The Morgan fingerprint density at radius 2 is 1.61 bits per heavy atom. The van der Waals surface area contributed by atoms with E-state index in [0.29, 0.717) is 12.2 Å². The van der Waals surface area contributed by atoms with Crippen LogP contribution in [0.2, 0.25) is 0 Å². The first-order valence-electron chi connectivity index (χ1n) is 10.5. The van der Waals surface area contributed by atoms with Crippen molar-refractivity contribution in [3.05, 3.63) is 89.7 Å². The molecule has 3 aromatic carbocycles. The molecular formula is C25H27FN2O4S. The Morgan fingerprint density at radius 1 is 1.00 bits per heavy atom. The molecular weight excluding hydrogens is 443 g/mol. The van der Waals surface area contributed by atoms with E-state index < -0.39 is 28.3 Å². The number of carbonyl (C=O) groups excluding carboxylic acids is 1. The summed E-state index contributed by atoms with van der Waals surface area (Å²) in [5.74, 6) is -0.469. The third-order valence-electron chi connectivity index (χ3n) is 5.27. The van der Waals surface area contributed by atoms with Gasteiger partial charge in [0.1, 0.15) is 18.1 Å². The molecule has 33 heavy (non-hydrogen) atoms. The Morgan fingerprint density at radius 3 is 2.15 bits per heavy atom. The molecule has 0 radical (unpaired) electrons. The van der Waals surface area contributed by atoms with Crippen LogP contribution in [0.25, 0.3) is 0 Å². The Balaban J connectivity index is 1.89. The fraction of sp³-hybridized carbons (Fsp3) is 0.240. The van der Waals surface area contributed by atoms with Gasteiger partial charge in [0.15, 0.2) is 0 Å². The third kappa shape index (κ3) is 5.90. The zero-order valence-electron chi connectivity index (χ0n) is 18.8. The van der Waals surface area contributed by atoms with Gasteiger partial charge in [0.05, 0.1) is 23.7 Å². The highest BCUT2D eigenvalue weighted by Gasteiger charge is 2.28. The number of nitrogens with one attached hydrogen (secondary N) is 1. The molecule has 1 atom stereocenters. The zero-order valence-corrected chi connectivity index (χ0v) is 19.6. The Bertz CT molecular complexity index is 1180. The number of carbonyl (C=O) groups is 1. The lowest BCUT2D eigenvalue weighted by Crippen LogP contribution is -2.42. The van der Waals surface area contributed by atoms with Gasteiger partial charge in [-0.05, 0) is 67.4 Å². The molecule has 0 spiro atoms. The number of halogens is 1. The maximum absolute atomic E-state index is 13.5. The van der Waals surface area contributed by atoms with E-state index >= 15 is 0 Å². The number of rotatable bonds is 9. The van der Waals surface area contributed by atoms with Gasteiger partial charge in [0, 0.05) is 0 Å². The van der Waals surface area contributed by atoms with Crippen LogP contribution in [0.15, 0.2) is 77.7 Å². The topological polar surface area (TPSA) is 75.7 Å². The highest BCUT2D eigenvalue weighted by Crippen LogP contribution is 2.26. The van der Waals surface area contributed by atoms with Gasteiger partial charge in [0.2, 0.25) is 5.91 Å². The van der Waals surface area contributed by atoms with Crippen LogP contribution in [0, 0.1) is 12.7 Å². The lowest BCUT2D eigenvalue weighted by atomic mass is 10.0. The summed E-state index contributed by atoms with van der Waals surface area (Å²) < 4.78 is 46.4. The number of methoxy groups -OCH3 is 1. The molecule has 6 nitrogen and oxygen atoms in total. The highest BCUT2D eigenvalue weighted by molar-refractivity contribution is 7.92. The minimum atomic E-state index is -4.11. The van der Waals surface area contributed by atoms with E-state index in [-0.39, 0.29) is 16.6 Å². The first-order valence-corrected chi connectivity index (χ1v) is 12.0. The maximum Gasteiger partial charge on any atom is 0.264 e. The average Bonchev–Trinajstić information content (AvgIpc) is 2.82. The van der Waals surface area contributed by atoms with Crippen molar-refractivity contribution in [3.63, 3.8) is 0 Å². The third-order valence-corrected chi connectivity index (χ3v) is 7.06. The van der Waals surface area contributed by atoms with Gasteiger partial charge < -0.3 is 10.1 Å². The van der Waals surface area contributed by atoms with Crippen molar-refractivity contribution in [2.75, 3.05) is 18.0 Å². The van der Waals surface area contributed by atoms with E-state index in [1.165, 1.54) is 43.5 Å². The predicted octanol–water partition coefficient (Wildman–Crippen LogP) is 4.61. The van der Waals surface area contributed by atoms with Crippen molar-refractivity contribution < 1.29 is 22.3 Å². The van der Waals surface area contributed by atoms with Crippen molar-refractivity contribution >= 4 is 21.6 Å². The second-order valence-corrected chi connectivity index (χ2v) is 9.46. The molecule has 0 heterocycles. The number of sulfonamides is 1. The molecule has 0 bridgehead atoms. The largest absolute Gasteiger partial charge is 0.497 e. The standard InChI is InChI=1S/C25H27FN2O4S/c1-4-24(19-7-5-18(2)6-8-19)27-25(29)17-28(21-11-9-20(26)10-12-21)33(30,31)23-15-13-22(32-3)14-16-23/h5-16,24H,4,17H2,1-3H3,(H,27,29)/t24-/m0/s1. The molecule has 1 amide bonds. The molecule has 0 saturated heterocycles. The van der Waals surface area contributed by atoms with E-state index in [1.807, 2.05) is 38.1 Å². The summed E-state index contributed by atoms with van der Waals surface area (Å²) in [6.45, 7) is 3.47. The van der Waals surface area contributed by atoms with E-state index in [9.17, 15) is 17.6 Å². The summed E-state index contributed by atoms with van der Waals surface area (Å²) in [7, 11) is -2.62. The lowest BCUT2D eigenvalue weighted by molar-refractivity contribution is -0.120. The zero-order chi connectivity index (χ0) is 24.0. The van der Waals surface area contributed by atoms with Gasteiger partial charge >= 0.3 is 0 Å². The quantitative estimate of drug-likeness (QED) is 0.496. The van der Waals surface area contributed by atoms with Crippen LogP contribution in [0.1, 0.15) is 30.5 Å². The van der Waals surface area contributed by atoms with Crippen LogP contribution in [-0.2, 0) is 14.8 Å². The Kier molecular flexibility index (Phi) is 7.71. The second kappa shape index (κ2) is 10.5. The molecule has 3 rings (SSSR count). The van der Waals surface area contributed by atoms with Crippen LogP contribution in [-0.4, -0.2) is 28.0 Å². The Hall–Kier alpha value is -3.39. The van der Waals surface area contributed by atoms with Crippen LogP contribution in [0.5, 0.6) is 5.75 Å². The minimum absolute atomic E-state index is 0.00833. The summed E-state index contributed by atoms with van der Waals surface area (Å²) in [6.07, 6.45) is 0.635. The molecule has 0 aliphatic heterocycles. The number of anilines is 1. The molecule has 1 N–H and O–H groups in total. The summed E-state index contributed by atoms with van der Waals surface area (Å²) in [5, 5.41) is 2.92. The minimum Gasteiger partial charge on any atom is -0.497 e. The van der Waals surface area contributed by atoms with E-state index in [4.69, 9.17) is 4.74 Å². The summed E-state index contributed by atoms with van der Waals surface area (Å²) in [4.78, 5) is 13.0. The van der Waals surface area contributed by atoms with E-state index in [1.54, 1.807) is 0 Å². The number of nitrogens with zero attached hydrogens (tertiary/aromatic N) is 1. The summed E-state index contributed by atoms with van der Waals surface area (Å²) in [6, 6.07) is 18.4. The van der Waals surface area contributed by atoms with Crippen molar-refractivity contribution in [2.24, 2.45) is 0 Å². The number of amides is 1. The number of hydrogen-bond donors (Lipinski definition) is 1. The fourth-order valence-corrected chi connectivity index (χ4v) is 4.81. The van der Waals surface area contributed by atoms with Gasteiger partial charge in [-0.25, -0.2) is 12.8 Å². The Labute approximate surface area is 194 Å². The van der Waals surface area contributed by atoms with Crippen LogP contribution in [0.4, 0.5) is 10.1 Å². The first kappa shape index (κ1) is 24.3. The molecule has 3 aromatic rings. The molecule has 0 fully saturated rings. The summed E-state index contributed by atoms with van der Waals surface area (Å²) in [5.41, 5.74) is 2.22. The molecule has 8 heteroatoms. The number of hydrogen-bond acceptors (Lipinski definition) is 4. The van der Waals surface area contributed by atoms with E-state index in [0.717, 1.165) is 27.6 Å². The predicted molar refractivity (Wildman–Crippen MR) is 126 cm³/mol. The number of benzene rings is 3. The highest BCUT2D eigenvalue weighted by atomic mass is 32.2. The molecule has 0 saturated carbocycles. The normalized spacial score (nSPS) is 12.1. The van der Waals surface area contributed by atoms with Crippen LogP contribution < -0.4 is 14.4 Å². The molecule has 0 unspecified atom stereocenters. The van der Waals surface area contributed by atoms with Crippen molar-refractivity contribution in [1.82, 2.24) is 5.32 Å². The molecule has 0 aromatic heterocycles. The second-order valence-electron chi connectivity index (χ2n) is 7.60. The number of aryl methyl sites for hydroxylation is 1. The molecule has 174 valence electrons. The average molecular weight is 471 g/mol. The van der Waals surface area contributed by atoms with Gasteiger partial charge in [-0.2, -0.15) is 0 Å². The number of ether oxygens (including phenoxy) is 1. The molecule has 0 aliphatic carbocycles. The van der Waals surface area contributed by atoms with Gasteiger partial charge in [0.25, 0.3) is 10.0 Å². The SMILES string of the molecule is CC[C@H](NC(=O)CN(c1ccc(F)cc1)S(=O)(=O)c1ccc(OC)cc1)c1ccc(C)cc1. The van der Waals surface area contributed by atoms with Crippen LogP contribution >= 0.6 is 0 Å². The monoisotopic (exact) mass is 470 g/mol. The first-order chi connectivity index (χ1) is 15.7. The maximum atomic E-state index is 13.5. The van der Waals surface area contributed by atoms with Crippen molar-refractivity contribution in [2.45, 2.75) is 31.2 Å². The van der Waals surface area contributed by atoms with Crippen LogP contribution in [0.3, 0.4) is 0 Å². The molecule has 0 aliphatic rings. The summed E-state index contributed by atoms with van der Waals surface area (Å²) >= 11 is 0. The smallest absolute Gasteiger partial charge is 0.264 e.